The first-order valence-electron chi connectivity index (χ1n) is 12.7. The Labute approximate surface area is 225 Å². The normalized spacial score (nSPS) is 18.9. The molecule has 38 heavy (non-hydrogen) atoms. The van der Waals surface area contributed by atoms with Crippen molar-refractivity contribution in [3.63, 3.8) is 0 Å². The molecule has 2 aromatic rings. The number of ether oxygens (including phenoxy) is 1. The van der Waals surface area contributed by atoms with Crippen molar-refractivity contribution >= 4 is 18.2 Å². The Balaban J connectivity index is 0.000000387. The number of benzene rings is 2. The summed E-state index contributed by atoms with van der Waals surface area (Å²) in [4.78, 5) is 40.8. The zero-order valence-electron chi connectivity index (χ0n) is 22.6. The van der Waals surface area contributed by atoms with Crippen LogP contribution in [0.4, 0.5) is 0 Å². The van der Waals surface area contributed by atoms with Crippen LogP contribution in [0.2, 0.25) is 0 Å². The van der Waals surface area contributed by atoms with E-state index in [9.17, 15) is 14.4 Å². The van der Waals surface area contributed by atoms with E-state index in [1.54, 1.807) is 36.3 Å². The van der Waals surface area contributed by atoms with Crippen molar-refractivity contribution in [2.24, 2.45) is 0 Å². The van der Waals surface area contributed by atoms with Gasteiger partial charge in [0.15, 0.2) is 0 Å². The largest absolute Gasteiger partial charge is 0.383 e. The molecule has 0 aliphatic carbocycles. The number of nitrogens with zero attached hydrogens (tertiary/aromatic N) is 5. The van der Waals surface area contributed by atoms with Crippen LogP contribution in [0.1, 0.15) is 31.0 Å². The number of nitrogens with one attached hydrogen (secondary N) is 1. The number of piperazine rings is 1. The summed E-state index contributed by atoms with van der Waals surface area (Å²) in [6.45, 7) is 5.60. The van der Waals surface area contributed by atoms with Crippen molar-refractivity contribution in [3.8, 4) is 6.07 Å². The summed E-state index contributed by atoms with van der Waals surface area (Å²) in [5, 5.41) is 14.8. The molecule has 2 aliphatic heterocycles. The van der Waals surface area contributed by atoms with Crippen LogP contribution in [0, 0.1) is 11.3 Å². The van der Waals surface area contributed by atoms with Gasteiger partial charge in [-0.1, -0.05) is 74.5 Å². The second kappa shape index (κ2) is 16.1. The summed E-state index contributed by atoms with van der Waals surface area (Å²) in [5.41, 5.74) is 2.02. The van der Waals surface area contributed by atoms with Gasteiger partial charge >= 0.3 is 0 Å². The second-order valence-corrected chi connectivity index (χ2v) is 8.35. The second-order valence-electron chi connectivity index (χ2n) is 8.35. The summed E-state index contributed by atoms with van der Waals surface area (Å²) < 4.78 is 5.09. The molecule has 2 saturated heterocycles. The van der Waals surface area contributed by atoms with Crippen LogP contribution < -0.4 is 5.32 Å². The minimum absolute atomic E-state index is 0.0865. The number of hydrogen-bond donors (Lipinski definition) is 1. The lowest BCUT2D eigenvalue weighted by Gasteiger charge is -2.53. The molecule has 3 amide bonds. The first-order valence-corrected chi connectivity index (χ1v) is 12.7. The maximum absolute atomic E-state index is 13.1. The molecule has 10 heteroatoms. The third kappa shape index (κ3) is 7.61. The molecule has 2 atom stereocenters. The van der Waals surface area contributed by atoms with Gasteiger partial charge < -0.3 is 19.9 Å². The fourth-order valence-corrected chi connectivity index (χ4v) is 4.37. The third-order valence-electron chi connectivity index (χ3n) is 6.03. The summed E-state index contributed by atoms with van der Waals surface area (Å²) in [5.74, 6) is -0.496. The predicted octanol–water partition coefficient (Wildman–Crippen LogP) is 2.02. The van der Waals surface area contributed by atoms with Gasteiger partial charge in [-0.15, -0.1) is 0 Å². The lowest BCUT2D eigenvalue weighted by molar-refractivity contribution is -0.199. The Bertz CT molecular complexity index is 1050. The van der Waals surface area contributed by atoms with Crippen molar-refractivity contribution in [2.45, 2.75) is 32.6 Å². The van der Waals surface area contributed by atoms with E-state index in [2.05, 4.69) is 17.4 Å². The molecule has 10 nitrogen and oxygen atoms in total. The van der Waals surface area contributed by atoms with E-state index in [-0.39, 0.29) is 31.4 Å². The number of fused-ring (bicyclic) bond motifs is 1. The number of nitriles is 1. The van der Waals surface area contributed by atoms with Gasteiger partial charge in [0.1, 0.15) is 18.8 Å². The SMILES string of the molecule is CC.CNCc1ccccc1.COCCN1CC2N(C(=O)CN(CC#N)N2C=O)[C@@H](c2ccccc2)C1=O. The van der Waals surface area contributed by atoms with Gasteiger partial charge in [0.25, 0.3) is 0 Å². The summed E-state index contributed by atoms with van der Waals surface area (Å²) in [7, 11) is 3.50. The highest BCUT2D eigenvalue weighted by Gasteiger charge is 2.50. The van der Waals surface area contributed by atoms with Crippen LogP contribution >= 0.6 is 0 Å². The van der Waals surface area contributed by atoms with Gasteiger partial charge in [-0.3, -0.25) is 19.4 Å². The van der Waals surface area contributed by atoms with Crippen LogP contribution in [-0.4, -0.2) is 91.2 Å². The molecule has 2 aromatic carbocycles. The monoisotopic (exact) mass is 522 g/mol. The predicted molar refractivity (Wildman–Crippen MR) is 144 cm³/mol. The lowest BCUT2D eigenvalue weighted by Crippen LogP contribution is -2.72. The van der Waals surface area contributed by atoms with Crippen molar-refractivity contribution in [2.75, 3.05) is 46.9 Å². The Morgan fingerprint density at radius 1 is 1.08 bits per heavy atom. The number of methoxy groups -OCH3 is 1. The number of carbonyl (C=O) groups is 3. The maximum Gasteiger partial charge on any atom is 0.250 e. The topological polar surface area (TPSA) is 109 Å². The van der Waals surface area contributed by atoms with E-state index in [0.717, 1.165) is 6.54 Å². The number of rotatable bonds is 8. The van der Waals surface area contributed by atoms with Gasteiger partial charge in [0.2, 0.25) is 18.2 Å². The molecule has 1 N–H and O–H groups in total. The van der Waals surface area contributed by atoms with Crippen molar-refractivity contribution in [1.29, 1.82) is 5.26 Å². The zero-order valence-corrected chi connectivity index (χ0v) is 22.6. The van der Waals surface area contributed by atoms with Gasteiger partial charge in [0, 0.05) is 20.2 Å². The molecule has 4 rings (SSSR count). The van der Waals surface area contributed by atoms with Crippen LogP contribution in [0.15, 0.2) is 60.7 Å². The minimum Gasteiger partial charge on any atom is -0.383 e. The molecule has 204 valence electrons. The van der Waals surface area contributed by atoms with Crippen molar-refractivity contribution in [1.82, 2.24) is 25.1 Å². The van der Waals surface area contributed by atoms with E-state index in [1.165, 1.54) is 20.5 Å². The number of hydrogen-bond acceptors (Lipinski definition) is 7. The van der Waals surface area contributed by atoms with Crippen LogP contribution in [-0.2, 0) is 25.7 Å². The fourth-order valence-electron chi connectivity index (χ4n) is 4.37. The van der Waals surface area contributed by atoms with Crippen LogP contribution in [0.3, 0.4) is 0 Å². The van der Waals surface area contributed by atoms with E-state index in [0.29, 0.717) is 25.1 Å². The number of amides is 3. The fraction of sp³-hybridized carbons (Fsp3) is 0.429. The van der Waals surface area contributed by atoms with Crippen LogP contribution in [0.25, 0.3) is 0 Å². The molecule has 0 radical (unpaired) electrons. The third-order valence-corrected chi connectivity index (χ3v) is 6.03. The molecule has 0 saturated carbocycles. The van der Waals surface area contributed by atoms with Gasteiger partial charge in [-0.25, -0.2) is 0 Å². The molecule has 0 bridgehead atoms. The highest BCUT2D eigenvalue weighted by Crippen LogP contribution is 2.33. The standard InChI is InChI=1S/C18H21N5O4.C8H11N.C2H6/c1-27-10-9-20-11-15-22(13-24)21(8-7-19)12-16(25)23(15)17(18(20)26)14-5-3-2-4-6-14;1-9-7-8-5-3-2-4-6-8;1-2/h2-6,13,15,17H,8-12H2,1H3;2-6,9H,7H2,1H3;1-2H3/t15?,17-;;/m0../s1. The maximum atomic E-state index is 13.1. The van der Waals surface area contributed by atoms with Gasteiger partial charge in [-0.2, -0.15) is 10.3 Å². The lowest BCUT2D eigenvalue weighted by atomic mass is 9.99. The van der Waals surface area contributed by atoms with E-state index < -0.39 is 12.2 Å². The minimum atomic E-state index is -0.819. The van der Waals surface area contributed by atoms with Gasteiger partial charge in [-0.05, 0) is 18.2 Å². The van der Waals surface area contributed by atoms with Gasteiger partial charge in [0.05, 0.1) is 25.8 Å². The average Bonchev–Trinajstić information content (AvgIpc) is 2.95. The molecule has 2 heterocycles. The average molecular weight is 523 g/mol. The Morgan fingerprint density at radius 3 is 2.26 bits per heavy atom. The van der Waals surface area contributed by atoms with E-state index in [4.69, 9.17) is 10.00 Å². The first-order chi connectivity index (χ1) is 18.5. The van der Waals surface area contributed by atoms with E-state index >= 15 is 0 Å². The molecule has 1 unspecified atom stereocenters. The molecule has 0 spiro atoms. The smallest absolute Gasteiger partial charge is 0.250 e. The Morgan fingerprint density at radius 2 is 1.71 bits per heavy atom. The molecule has 2 aliphatic rings. The van der Waals surface area contributed by atoms with Crippen molar-refractivity contribution < 1.29 is 19.1 Å². The highest BCUT2D eigenvalue weighted by atomic mass is 16.5. The first kappa shape index (κ1) is 30.4. The molecular weight excluding hydrogens is 484 g/mol. The molecular formula is C28H38N6O4. The quantitative estimate of drug-likeness (QED) is 0.417. The van der Waals surface area contributed by atoms with Crippen LogP contribution in [0.5, 0.6) is 0 Å². The summed E-state index contributed by atoms with van der Waals surface area (Å²) in [6.07, 6.45) is -0.0646. The highest BCUT2D eigenvalue weighted by molar-refractivity contribution is 5.91. The molecule has 0 aromatic heterocycles. The summed E-state index contributed by atoms with van der Waals surface area (Å²) in [6, 6.07) is 20.5. The molecule has 2 fully saturated rings. The van der Waals surface area contributed by atoms with Crippen molar-refractivity contribution in [3.05, 3.63) is 71.8 Å². The number of carbonyl (C=O) groups excluding carboxylic acids is 3. The zero-order chi connectivity index (χ0) is 27.9. The number of hydrazine groups is 1. The Hall–Kier alpha value is -3.78. The summed E-state index contributed by atoms with van der Waals surface area (Å²) >= 11 is 0. The Kier molecular flexibility index (Phi) is 12.9. The van der Waals surface area contributed by atoms with E-state index in [1.807, 2.05) is 51.2 Å².